The summed E-state index contributed by atoms with van der Waals surface area (Å²) in [5.41, 5.74) is 1.80. The predicted octanol–water partition coefficient (Wildman–Crippen LogP) is 4.14. The predicted molar refractivity (Wildman–Crippen MR) is 87.2 cm³/mol. The Hall–Kier alpha value is -3.02. The second-order valence-corrected chi connectivity index (χ2v) is 4.90. The van der Waals surface area contributed by atoms with E-state index in [1.807, 2.05) is 0 Å². The molecule has 0 spiro atoms. The van der Waals surface area contributed by atoms with E-state index >= 15 is 0 Å². The van der Waals surface area contributed by atoms with Gasteiger partial charge in [-0.05, 0) is 55.0 Å². The largest absolute Gasteiger partial charge is 0.435 e. The molecule has 124 valence electrons. The third-order valence-corrected chi connectivity index (χ3v) is 3.09. The van der Waals surface area contributed by atoms with Crippen LogP contribution in [0, 0.1) is 0 Å². The first-order valence-electron chi connectivity index (χ1n) is 7.09. The molecular formula is C18H15F2NO3. The van der Waals surface area contributed by atoms with E-state index in [9.17, 15) is 18.4 Å². The number of anilines is 1. The summed E-state index contributed by atoms with van der Waals surface area (Å²) in [7, 11) is 0. The highest BCUT2D eigenvalue weighted by Crippen LogP contribution is 2.16. The van der Waals surface area contributed by atoms with Gasteiger partial charge in [-0.15, -0.1) is 0 Å². The van der Waals surface area contributed by atoms with Crippen LogP contribution in [0.5, 0.6) is 5.75 Å². The van der Waals surface area contributed by atoms with E-state index in [0.717, 1.165) is 0 Å². The van der Waals surface area contributed by atoms with Crippen molar-refractivity contribution < 1.29 is 23.1 Å². The average molecular weight is 331 g/mol. The highest BCUT2D eigenvalue weighted by Gasteiger charge is 2.03. The molecule has 0 aliphatic carbocycles. The second kappa shape index (κ2) is 8.01. The van der Waals surface area contributed by atoms with Gasteiger partial charge in [-0.1, -0.05) is 12.1 Å². The Kier molecular flexibility index (Phi) is 5.78. The van der Waals surface area contributed by atoms with Gasteiger partial charge in [0.1, 0.15) is 5.75 Å². The van der Waals surface area contributed by atoms with Gasteiger partial charge in [0.25, 0.3) is 0 Å². The van der Waals surface area contributed by atoms with Crippen molar-refractivity contribution in [1.82, 2.24) is 0 Å². The van der Waals surface area contributed by atoms with E-state index in [4.69, 9.17) is 0 Å². The van der Waals surface area contributed by atoms with Gasteiger partial charge in [0.2, 0.25) is 5.91 Å². The van der Waals surface area contributed by atoms with Crippen molar-refractivity contribution in [3.8, 4) is 5.75 Å². The van der Waals surface area contributed by atoms with Crippen LogP contribution in [-0.2, 0) is 4.79 Å². The van der Waals surface area contributed by atoms with Crippen molar-refractivity contribution in [2.24, 2.45) is 0 Å². The first-order valence-corrected chi connectivity index (χ1v) is 7.09. The quantitative estimate of drug-likeness (QED) is 0.639. The molecule has 0 unspecified atom stereocenters. The lowest BCUT2D eigenvalue weighted by Crippen LogP contribution is -2.07. The van der Waals surface area contributed by atoms with Crippen LogP contribution >= 0.6 is 0 Å². The Morgan fingerprint density at radius 2 is 1.67 bits per heavy atom. The summed E-state index contributed by atoms with van der Waals surface area (Å²) < 4.78 is 28.3. The number of ether oxygens (including phenoxy) is 1. The summed E-state index contributed by atoms with van der Waals surface area (Å²) >= 11 is 0. The molecule has 0 aliphatic rings. The molecule has 0 atom stereocenters. The third kappa shape index (κ3) is 5.31. The molecule has 0 fully saturated rings. The molecule has 2 rings (SSSR count). The van der Waals surface area contributed by atoms with E-state index in [1.54, 1.807) is 42.5 Å². The number of alkyl halides is 2. The maximum atomic E-state index is 12.0. The normalized spacial score (nSPS) is 10.8. The number of hydrogen-bond donors (Lipinski definition) is 1. The molecule has 0 bridgehead atoms. The number of benzene rings is 2. The lowest BCUT2D eigenvalue weighted by Gasteiger charge is -2.04. The molecule has 0 aromatic heterocycles. The molecule has 24 heavy (non-hydrogen) atoms. The molecule has 6 heteroatoms. The molecule has 2 aromatic rings. The van der Waals surface area contributed by atoms with Gasteiger partial charge in [-0.2, -0.15) is 8.78 Å². The zero-order valence-electron chi connectivity index (χ0n) is 12.8. The van der Waals surface area contributed by atoms with Crippen LogP contribution in [0.1, 0.15) is 22.8 Å². The van der Waals surface area contributed by atoms with Gasteiger partial charge in [-0.3, -0.25) is 9.59 Å². The highest BCUT2D eigenvalue weighted by molar-refractivity contribution is 6.02. The molecule has 1 amide bonds. The van der Waals surface area contributed by atoms with Crippen LogP contribution in [0.3, 0.4) is 0 Å². The van der Waals surface area contributed by atoms with Crippen molar-refractivity contribution in [3.05, 3.63) is 65.7 Å². The minimum absolute atomic E-state index is 0.0490. The van der Waals surface area contributed by atoms with E-state index in [-0.39, 0.29) is 17.4 Å². The number of ketones is 1. The minimum Gasteiger partial charge on any atom is -0.435 e. The molecule has 2 aromatic carbocycles. The lowest BCUT2D eigenvalue weighted by molar-refractivity contribution is -0.111. The summed E-state index contributed by atoms with van der Waals surface area (Å²) in [4.78, 5) is 23.0. The van der Waals surface area contributed by atoms with Gasteiger partial charge in [0, 0.05) is 17.3 Å². The van der Waals surface area contributed by atoms with Crippen LogP contribution in [0.4, 0.5) is 14.5 Å². The highest BCUT2D eigenvalue weighted by atomic mass is 19.3. The van der Waals surface area contributed by atoms with E-state index in [0.29, 0.717) is 16.8 Å². The van der Waals surface area contributed by atoms with E-state index < -0.39 is 6.61 Å². The Labute approximate surface area is 137 Å². The Balaban J connectivity index is 1.93. The fourth-order valence-electron chi connectivity index (χ4n) is 1.90. The molecule has 0 saturated heterocycles. The van der Waals surface area contributed by atoms with E-state index in [1.165, 1.54) is 25.1 Å². The van der Waals surface area contributed by atoms with Crippen LogP contribution < -0.4 is 10.1 Å². The summed E-state index contributed by atoms with van der Waals surface area (Å²) in [5, 5.41) is 2.65. The number of halogens is 2. The first kappa shape index (κ1) is 17.3. The summed E-state index contributed by atoms with van der Waals surface area (Å²) in [6, 6.07) is 12.4. The number of carbonyl (C=O) groups is 2. The van der Waals surface area contributed by atoms with Crippen molar-refractivity contribution in [2.75, 3.05) is 5.32 Å². The maximum Gasteiger partial charge on any atom is 0.387 e. The summed E-state index contributed by atoms with van der Waals surface area (Å²) in [6.45, 7) is -1.40. The summed E-state index contributed by atoms with van der Waals surface area (Å²) in [6.07, 6.45) is 2.87. The van der Waals surface area contributed by atoms with Crippen molar-refractivity contribution in [2.45, 2.75) is 13.5 Å². The van der Waals surface area contributed by atoms with Crippen LogP contribution in [-0.4, -0.2) is 18.3 Å². The molecule has 1 N–H and O–H groups in total. The van der Waals surface area contributed by atoms with Crippen molar-refractivity contribution in [3.63, 3.8) is 0 Å². The molecule has 0 saturated carbocycles. The third-order valence-electron chi connectivity index (χ3n) is 3.09. The second-order valence-electron chi connectivity index (χ2n) is 4.90. The fourth-order valence-corrected chi connectivity index (χ4v) is 1.90. The monoisotopic (exact) mass is 331 g/mol. The van der Waals surface area contributed by atoms with Gasteiger partial charge in [0.15, 0.2) is 5.78 Å². The number of carbonyl (C=O) groups excluding carboxylic acids is 2. The molecule has 0 aliphatic heterocycles. The van der Waals surface area contributed by atoms with Gasteiger partial charge in [0.05, 0.1) is 0 Å². The van der Waals surface area contributed by atoms with Gasteiger partial charge in [-0.25, -0.2) is 0 Å². The van der Waals surface area contributed by atoms with Crippen LogP contribution in [0.2, 0.25) is 0 Å². The van der Waals surface area contributed by atoms with Crippen molar-refractivity contribution in [1.29, 1.82) is 0 Å². The first-order chi connectivity index (χ1) is 11.4. The Morgan fingerprint density at radius 1 is 1.04 bits per heavy atom. The van der Waals surface area contributed by atoms with Crippen LogP contribution in [0.25, 0.3) is 6.08 Å². The summed E-state index contributed by atoms with van der Waals surface area (Å²) in [5.74, 6) is -0.345. The SMILES string of the molecule is CC(=O)c1ccc(NC(=O)/C=C/c2ccc(OC(F)F)cc2)cc1. The number of Topliss-reactive ketones (excluding diaryl/α,β-unsaturated/α-hetero) is 1. The standard InChI is InChI=1S/C18H15F2NO3/c1-12(22)14-5-7-15(8-6-14)21-17(23)11-4-13-2-9-16(10-3-13)24-18(19)20/h2-11,18H,1H3,(H,21,23)/b11-4+. The smallest absolute Gasteiger partial charge is 0.387 e. The molecular weight excluding hydrogens is 316 g/mol. The molecule has 4 nitrogen and oxygen atoms in total. The fraction of sp³-hybridized carbons (Fsp3) is 0.111. The van der Waals surface area contributed by atoms with Gasteiger partial charge >= 0.3 is 6.61 Å². The molecule has 0 heterocycles. The molecule has 0 radical (unpaired) electrons. The number of amides is 1. The lowest BCUT2D eigenvalue weighted by atomic mass is 10.1. The van der Waals surface area contributed by atoms with Crippen molar-refractivity contribution >= 4 is 23.5 Å². The number of hydrogen-bond acceptors (Lipinski definition) is 3. The van der Waals surface area contributed by atoms with E-state index in [2.05, 4.69) is 10.1 Å². The Bertz CT molecular complexity index is 738. The minimum atomic E-state index is -2.87. The topological polar surface area (TPSA) is 55.4 Å². The maximum absolute atomic E-state index is 12.0. The number of rotatable bonds is 6. The van der Waals surface area contributed by atoms with Gasteiger partial charge < -0.3 is 10.1 Å². The Morgan fingerprint density at radius 3 is 2.21 bits per heavy atom. The number of nitrogens with one attached hydrogen (secondary N) is 1. The zero-order valence-corrected chi connectivity index (χ0v) is 12.8. The average Bonchev–Trinajstić information content (AvgIpc) is 2.54. The van der Waals surface area contributed by atoms with Crippen LogP contribution in [0.15, 0.2) is 54.6 Å². The zero-order chi connectivity index (χ0) is 17.5.